The summed E-state index contributed by atoms with van der Waals surface area (Å²) in [5.41, 5.74) is 24.2. The summed E-state index contributed by atoms with van der Waals surface area (Å²) < 4.78 is 30.1. The summed E-state index contributed by atoms with van der Waals surface area (Å²) in [6.45, 7) is 35.1. The minimum Gasteiger partial charge on any atom is -0.399 e. The monoisotopic (exact) mass is 1960 g/mol. The lowest BCUT2D eigenvalue weighted by molar-refractivity contribution is 0.00578. The first-order chi connectivity index (χ1) is 60.7. The Labute approximate surface area is 802 Å². The van der Waals surface area contributed by atoms with Gasteiger partial charge in [0.05, 0.1) is 22.4 Å². The van der Waals surface area contributed by atoms with Crippen molar-refractivity contribution in [2.24, 2.45) is 0 Å². The van der Waals surface area contributed by atoms with Crippen molar-refractivity contribution in [3.05, 3.63) is 215 Å². The van der Waals surface area contributed by atoms with E-state index in [4.69, 9.17) is 18.6 Å². The third-order valence-corrected chi connectivity index (χ3v) is 32.4. The molecule has 1 unspecified atom stereocenters. The Morgan fingerprint density at radius 2 is 0.460 bits per heavy atom. The van der Waals surface area contributed by atoms with Gasteiger partial charge in [0.15, 0.2) is 0 Å². The van der Waals surface area contributed by atoms with Crippen LogP contribution in [-0.2, 0) is 34.9 Å². The Kier molecular flexibility index (Phi) is 39.2. The lowest BCUT2D eigenvalue weighted by Gasteiger charge is -2.35. The fourth-order valence-corrected chi connectivity index (χ4v) is 22.7. The zero-order chi connectivity index (χ0) is 90.1. The van der Waals surface area contributed by atoms with Gasteiger partial charge in [0, 0.05) is 51.2 Å². The zero-order valence-corrected chi connectivity index (χ0v) is 87.6. The Morgan fingerprint density at radius 3 is 0.690 bits per heavy atom. The van der Waals surface area contributed by atoms with Crippen molar-refractivity contribution in [3.63, 3.8) is 0 Å². The molecule has 11 heteroatoms. The average Bonchev–Trinajstić information content (AvgIpc) is 1.53. The third kappa shape index (κ3) is 24.9. The molecule has 5 nitrogen and oxygen atoms in total. The van der Waals surface area contributed by atoms with Gasteiger partial charge in [-0.15, -0.1) is 0 Å². The normalized spacial score (nSPS) is 16.6. The third-order valence-electron chi connectivity index (χ3n) is 30.5. The van der Waals surface area contributed by atoms with Crippen molar-refractivity contribution in [2.45, 2.75) is 431 Å². The van der Waals surface area contributed by atoms with E-state index in [-0.39, 0.29) is 38.6 Å². The standard InChI is InChI=1S/C52H76Br2.C34H45B2NO4.C29H40Br2/c1-5-9-13-17-21-25-33-51(34-26-22-18-14-10-6-2)47-37-41(53)29-31-43(47)45-40-50-46(39-49(45)51)44-32-30-42(54)38-48(44)52(50,35-27-23-19-15-11-7-3)36-28-24-20-16-12-8-4;1-11-24(2)25-12-18-28(19-13-25)37(29-20-14-26(15-21-29)35-38-31(3,4)32(5,6)39-35)30-22-16-27(17-23-30)36-40-33(7,8)34(9,10)41-36;1-3-5-7-9-11-13-19-29(20-14-12-10-8-6-4-2)27-21-23(30)15-17-25(27)26-18-16-24(31)22-28(26)29/h29-32,37-40H,5-28,33-36H2,1-4H3;12-24H,11H2,1-10H3;15-18,21-22H,3-14,19-20H2,1-2H3. The maximum atomic E-state index is 6.30. The van der Waals surface area contributed by atoms with Crippen LogP contribution in [0, 0.1) is 0 Å². The molecule has 0 radical (unpaired) electrons. The Bertz CT molecular complexity index is 4330. The van der Waals surface area contributed by atoms with Crippen molar-refractivity contribution in [2.75, 3.05) is 4.90 Å². The van der Waals surface area contributed by atoms with Gasteiger partial charge in [-0.3, -0.25) is 0 Å². The van der Waals surface area contributed by atoms with Crippen molar-refractivity contribution < 1.29 is 18.6 Å². The van der Waals surface area contributed by atoms with Gasteiger partial charge < -0.3 is 23.5 Å². The number of rotatable bonds is 49. The van der Waals surface area contributed by atoms with Crippen LogP contribution in [0.1, 0.15) is 432 Å². The van der Waals surface area contributed by atoms with Gasteiger partial charge in [-0.25, -0.2) is 0 Å². The molecular formula is C115H161B2Br4NO4. The number of benzene rings is 8. The van der Waals surface area contributed by atoms with E-state index in [0.29, 0.717) is 5.92 Å². The molecule has 0 aromatic heterocycles. The first-order valence-corrected chi connectivity index (χ1v) is 54.1. The van der Waals surface area contributed by atoms with Gasteiger partial charge in [-0.05, 0) is 287 Å². The van der Waals surface area contributed by atoms with Crippen LogP contribution in [0.3, 0.4) is 0 Å². The maximum absolute atomic E-state index is 6.30. The Balaban J connectivity index is 0.000000191. The van der Waals surface area contributed by atoms with E-state index < -0.39 is 14.2 Å². The van der Waals surface area contributed by atoms with E-state index in [1.807, 2.05) is 0 Å². The van der Waals surface area contributed by atoms with E-state index in [2.05, 4.69) is 337 Å². The summed E-state index contributed by atoms with van der Waals surface area (Å²) >= 11 is 15.5. The molecule has 0 spiro atoms. The van der Waals surface area contributed by atoms with E-state index >= 15 is 0 Å². The lowest BCUT2D eigenvalue weighted by atomic mass is 9.68. The van der Waals surface area contributed by atoms with Crippen LogP contribution in [0.25, 0.3) is 33.4 Å². The summed E-state index contributed by atoms with van der Waals surface area (Å²) in [6.07, 6.45) is 57.7. The number of hydrogen-bond acceptors (Lipinski definition) is 5. The highest BCUT2D eigenvalue weighted by Gasteiger charge is 2.54. The quantitative estimate of drug-likeness (QED) is 0.0281. The van der Waals surface area contributed by atoms with Crippen LogP contribution >= 0.6 is 63.7 Å². The molecule has 1 atom stereocenters. The minimum atomic E-state index is -0.392. The highest BCUT2D eigenvalue weighted by molar-refractivity contribution is 9.11. The van der Waals surface area contributed by atoms with E-state index in [0.717, 1.165) is 34.4 Å². The van der Waals surface area contributed by atoms with Crippen molar-refractivity contribution >= 4 is 106 Å². The van der Waals surface area contributed by atoms with E-state index in [9.17, 15) is 0 Å². The number of hydrogen-bond donors (Lipinski definition) is 0. The van der Waals surface area contributed by atoms with Crippen LogP contribution in [0.15, 0.2) is 176 Å². The van der Waals surface area contributed by atoms with Crippen molar-refractivity contribution in [3.8, 4) is 33.4 Å². The number of halogens is 4. The number of unbranched alkanes of at least 4 members (excludes halogenated alkanes) is 30. The van der Waals surface area contributed by atoms with Crippen LogP contribution < -0.4 is 15.8 Å². The molecule has 0 bridgehead atoms. The van der Waals surface area contributed by atoms with Gasteiger partial charge in [0.1, 0.15) is 0 Å². The zero-order valence-electron chi connectivity index (χ0n) is 81.2. The molecule has 13 rings (SSSR count). The lowest BCUT2D eigenvalue weighted by Crippen LogP contribution is -2.41. The topological polar surface area (TPSA) is 40.2 Å². The number of fused-ring (bicyclic) bond motifs is 9. The van der Waals surface area contributed by atoms with E-state index in [1.54, 1.807) is 44.5 Å². The smallest absolute Gasteiger partial charge is 0.399 e. The summed E-state index contributed by atoms with van der Waals surface area (Å²) in [7, 11) is -0.784. The predicted molar refractivity (Wildman–Crippen MR) is 562 cm³/mol. The average molecular weight is 1960 g/mol. The van der Waals surface area contributed by atoms with Gasteiger partial charge in [0.2, 0.25) is 0 Å². The molecule has 0 saturated carbocycles. The molecule has 3 aliphatic carbocycles. The first-order valence-electron chi connectivity index (χ1n) is 50.9. The van der Waals surface area contributed by atoms with Crippen LogP contribution in [0.5, 0.6) is 0 Å². The van der Waals surface area contributed by atoms with Gasteiger partial charge >= 0.3 is 14.2 Å². The second kappa shape index (κ2) is 48.4. The summed E-state index contributed by atoms with van der Waals surface area (Å²) in [5.74, 6) is 0.524. The maximum Gasteiger partial charge on any atom is 0.494 e. The number of anilines is 3. The molecule has 126 heavy (non-hydrogen) atoms. The van der Waals surface area contributed by atoms with Crippen LogP contribution in [-0.4, -0.2) is 36.6 Å². The minimum absolute atomic E-state index is 0.0956. The molecule has 2 saturated heterocycles. The molecule has 0 N–H and O–H groups in total. The second-order valence-corrected chi connectivity index (χ2v) is 44.3. The molecule has 0 amide bonds. The summed E-state index contributed by atoms with van der Waals surface area (Å²) in [5, 5.41) is 0. The molecule has 684 valence electrons. The van der Waals surface area contributed by atoms with Crippen molar-refractivity contribution in [1.82, 2.24) is 0 Å². The highest BCUT2D eigenvalue weighted by Crippen LogP contribution is 2.62. The van der Waals surface area contributed by atoms with Crippen LogP contribution in [0.4, 0.5) is 17.1 Å². The van der Waals surface area contributed by atoms with Gasteiger partial charge in [-0.2, -0.15) is 0 Å². The van der Waals surface area contributed by atoms with Crippen molar-refractivity contribution in [1.29, 1.82) is 0 Å². The number of nitrogens with zero attached hydrogens (tertiary/aromatic N) is 1. The molecule has 8 aromatic carbocycles. The second-order valence-electron chi connectivity index (χ2n) is 40.7. The van der Waals surface area contributed by atoms with Crippen LogP contribution in [0.2, 0.25) is 0 Å². The fourth-order valence-electron chi connectivity index (χ4n) is 21.2. The largest absolute Gasteiger partial charge is 0.494 e. The fraction of sp³-hybridized carbons (Fsp3) is 0.583. The Morgan fingerprint density at radius 1 is 0.254 bits per heavy atom. The summed E-state index contributed by atoms with van der Waals surface area (Å²) in [6, 6.07) is 60.2. The Hall–Kier alpha value is -4.55. The SMILES string of the molecule is CCC(C)c1ccc(N(c2ccc(B3OC(C)(C)C(C)(C)O3)cc2)c2ccc(B3OC(C)(C)C(C)(C)O3)cc2)cc1.CCCCCCCCC1(CCCCCCCC)c2cc(Br)ccc2-c2cc3c(cc21)-c1ccc(Br)cc1C3(CCCCCCCC)CCCCCCCC.CCCCCCCCC1(CCCCCCCC)c2cc(Br)ccc2-c2ccc(Br)cc21. The molecule has 2 heterocycles. The van der Waals surface area contributed by atoms with E-state index in [1.165, 1.54) is 315 Å². The first kappa shape index (κ1) is 102. The molecule has 2 fully saturated rings. The van der Waals surface area contributed by atoms with Gasteiger partial charge in [-0.1, -0.05) is 411 Å². The molecule has 8 aromatic rings. The molecular weight excluding hydrogens is 1800 g/mol. The summed E-state index contributed by atoms with van der Waals surface area (Å²) in [4.78, 5) is 2.28. The highest BCUT2D eigenvalue weighted by atomic mass is 79.9. The molecule has 2 aliphatic heterocycles. The van der Waals surface area contributed by atoms with Gasteiger partial charge in [0.25, 0.3) is 0 Å². The molecule has 5 aliphatic rings. The predicted octanol–water partition coefficient (Wildman–Crippen LogP) is 37.0.